The topological polar surface area (TPSA) is 12.4 Å². The zero-order chi connectivity index (χ0) is 7.49. The van der Waals surface area contributed by atoms with Crippen molar-refractivity contribution < 1.29 is 0 Å². The van der Waals surface area contributed by atoms with Crippen LogP contribution in [0.5, 0.6) is 0 Å². The summed E-state index contributed by atoms with van der Waals surface area (Å²) in [5.74, 6) is 0. The van der Waals surface area contributed by atoms with E-state index in [9.17, 15) is 0 Å². The lowest BCUT2D eigenvalue weighted by molar-refractivity contribution is 1.26. The minimum Gasteiger partial charge on any atom is -0.298 e. The molecule has 0 amide bonds. The summed E-state index contributed by atoms with van der Waals surface area (Å²) in [5, 5.41) is 0. The fourth-order valence-electron chi connectivity index (χ4n) is 0.395. The van der Waals surface area contributed by atoms with Crippen molar-refractivity contribution in [1.29, 1.82) is 0 Å². The summed E-state index contributed by atoms with van der Waals surface area (Å²) in [4.78, 5) is 4.37. The van der Waals surface area contributed by atoms with Gasteiger partial charge in [-0.05, 0) is 13.8 Å². The Labute approximate surface area is 59.2 Å². The van der Waals surface area contributed by atoms with Crippen molar-refractivity contribution in [2.45, 2.75) is 33.5 Å². The maximum absolute atomic E-state index is 4.37. The van der Waals surface area contributed by atoms with Crippen LogP contribution in [-0.2, 0) is 0 Å². The summed E-state index contributed by atoms with van der Waals surface area (Å²) < 4.78 is 0. The smallest absolute Gasteiger partial charge is 0.0692 e. The van der Waals surface area contributed by atoms with Crippen LogP contribution in [0.15, 0.2) is 4.99 Å². The highest BCUT2D eigenvalue weighted by atomic mass is 28.3. The Bertz CT molecular complexity index is 107. The lowest BCUT2D eigenvalue weighted by atomic mass is 10.5. The maximum atomic E-state index is 4.37. The minimum absolute atomic E-state index is 0.907. The molecule has 0 fully saturated rings. The molecule has 0 aliphatic carbocycles. The van der Waals surface area contributed by atoms with Crippen LogP contribution >= 0.6 is 0 Å². The van der Waals surface area contributed by atoms with E-state index >= 15 is 0 Å². The Hall–Kier alpha value is -0.113. The summed E-state index contributed by atoms with van der Waals surface area (Å²) in [6, 6.07) is 0. The molecule has 1 nitrogen and oxygen atoms in total. The van der Waals surface area contributed by atoms with Crippen LogP contribution < -0.4 is 0 Å². The summed E-state index contributed by atoms with van der Waals surface area (Å²) in [6.07, 6.45) is 1.08. The molecule has 0 aromatic carbocycles. The first-order valence-electron chi connectivity index (χ1n) is 3.39. The highest BCUT2D eigenvalue weighted by Crippen LogP contribution is 1.99. The molecule has 0 saturated carbocycles. The van der Waals surface area contributed by atoms with Crippen molar-refractivity contribution in [3.63, 3.8) is 0 Å². The Morgan fingerprint density at radius 1 is 1.22 bits per heavy atom. The van der Waals surface area contributed by atoms with Gasteiger partial charge in [0.05, 0.1) is 8.07 Å². The molecule has 0 aromatic heterocycles. The highest BCUT2D eigenvalue weighted by Gasteiger charge is 2.10. The highest BCUT2D eigenvalue weighted by molar-refractivity contribution is 6.76. The van der Waals surface area contributed by atoms with E-state index in [0.717, 1.165) is 6.17 Å². The van der Waals surface area contributed by atoms with Crippen molar-refractivity contribution in [3.8, 4) is 0 Å². The number of nitrogens with zero attached hydrogens (tertiary/aromatic N) is 1. The van der Waals surface area contributed by atoms with Gasteiger partial charge in [0.2, 0.25) is 0 Å². The van der Waals surface area contributed by atoms with E-state index < -0.39 is 8.07 Å². The number of hydrogen-bond acceptors (Lipinski definition) is 1. The third-order valence-electron chi connectivity index (χ3n) is 0.870. The molecule has 0 atom stereocenters. The molecular weight excluding hydrogens is 126 g/mol. The monoisotopic (exact) mass is 143 g/mol. The molecule has 0 rings (SSSR count). The normalized spacial score (nSPS) is 11.2. The van der Waals surface area contributed by atoms with E-state index in [-0.39, 0.29) is 0 Å². The summed E-state index contributed by atoms with van der Waals surface area (Å²) in [7, 11) is -0.907. The van der Waals surface area contributed by atoms with Crippen molar-refractivity contribution >= 4 is 13.8 Å². The maximum Gasteiger partial charge on any atom is 0.0692 e. The molecule has 0 heterocycles. The predicted molar refractivity (Wildman–Crippen MR) is 47.0 cm³/mol. The number of hydrogen-bond donors (Lipinski definition) is 0. The van der Waals surface area contributed by atoms with E-state index in [0.29, 0.717) is 0 Å². The SMILES string of the molecule is CC(C)=NC[Si](C)(C)C. The van der Waals surface area contributed by atoms with E-state index in [4.69, 9.17) is 0 Å². The van der Waals surface area contributed by atoms with Crippen molar-refractivity contribution in [3.05, 3.63) is 0 Å². The second-order valence-corrected chi connectivity index (χ2v) is 9.26. The van der Waals surface area contributed by atoms with Crippen LogP contribution in [0.25, 0.3) is 0 Å². The third-order valence-corrected chi connectivity index (χ3v) is 1.98. The Morgan fingerprint density at radius 2 is 1.67 bits per heavy atom. The molecule has 0 bridgehead atoms. The van der Waals surface area contributed by atoms with Gasteiger partial charge in [0.1, 0.15) is 0 Å². The molecular formula is C7H17NSi. The van der Waals surface area contributed by atoms with Crippen molar-refractivity contribution in [2.24, 2.45) is 4.99 Å². The molecule has 0 N–H and O–H groups in total. The fraction of sp³-hybridized carbons (Fsp3) is 0.857. The number of aliphatic imine (C=N–C) groups is 1. The van der Waals surface area contributed by atoms with Gasteiger partial charge in [-0.2, -0.15) is 0 Å². The van der Waals surface area contributed by atoms with Gasteiger partial charge in [-0.15, -0.1) is 0 Å². The van der Waals surface area contributed by atoms with E-state index in [1.807, 2.05) is 0 Å². The molecule has 9 heavy (non-hydrogen) atoms. The Kier molecular flexibility index (Phi) is 3.12. The molecule has 0 spiro atoms. The van der Waals surface area contributed by atoms with E-state index in [1.54, 1.807) is 0 Å². The van der Waals surface area contributed by atoms with Crippen LogP contribution in [0.2, 0.25) is 19.6 Å². The van der Waals surface area contributed by atoms with Gasteiger partial charge in [0.25, 0.3) is 0 Å². The van der Waals surface area contributed by atoms with Gasteiger partial charge in [0.15, 0.2) is 0 Å². The van der Waals surface area contributed by atoms with Crippen LogP contribution in [-0.4, -0.2) is 20.0 Å². The first kappa shape index (κ1) is 8.89. The summed E-state index contributed by atoms with van der Waals surface area (Å²) in [5.41, 5.74) is 1.21. The van der Waals surface area contributed by atoms with Gasteiger partial charge < -0.3 is 0 Å². The quantitative estimate of drug-likeness (QED) is 0.415. The van der Waals surface area contributed by atoms with Gasteiger partial charge >= 0.3 is 0 Å². The molecule has 2 heteroatoms. The lowest BCUT2D eigenvalue weighted by Gasteiger charge is -2.11. The van der Waals surface area contributed by atoms with Gasteiger partial charge in [-0.3, -0.25) is 4.99 Å². The summed E-state index contributed by atoms with van der Waals surface area (Å²) >= 11 is 0. The molecule has 0 saturated heterocycles. The molecule has 0 aliphatic heterocycles. The zero-order valence-corrected chi connectivity index (χ0v) is 8.15. The van der Waals surface area contributed by atoms with Crippen LogP contribution in [0, 0.1) is 0 Å². The van der Waals surface area contributed by atoms with Crippen LogP contribution in [0.4, 0.5) is 0 Å². The van der Waals surface area contributed by atoms with E-state index in [1.165, 1.54) is 5.71 Å². The molecule has 0 unspecified atom stereocenters. The first-order chi connectivity index (χ1) is 3.92. The van der Waals surface area contributed by atoms with Crippen LogP contribution in [0.1, 0.15) is 13.8 Å². The lowest BCUT2D eigenvalue weighted by Crippen LogP contribution is -2.25. The number of rotatable bonds is 2. The van der Waals surface area contributed by atoms with Gasteiger partial charge in [-0.1, -0.05) is 19.6 Å². The fourth-order valence-corrected chi connectivity index (χ4v) is 1.19. The molecule has 0 aliphatic rings. The molecule has 0 radical (unpaired) electrons. The van der Waals surface area contributed by atoms with E-state index in [2.05, 4.69) is 38.5 Å². The largest absolute Gasteiger partial charge is 0.298 e. The Morgan fingerprint density at radius 3 is 1.78 bits per heavy atom. The second-order valence-electron chi connectivity index (χ2n) is 3.82. The average molecular weight is 143 g/mol. The van der Waals surface area contributed by atoms with Crippen LogP contribution in [0.3, 0.4) is 0 Å². The second kappa shape index (κ2) is 3.16. The van der Waals surface area contributed by atoms with Crippen molar-refractivity contribution in [2.75, 3.05) is 6.17 Å². The summed E-state index contributed by atoms with van der Waals surface area (Å²) in [6.45, 7) is 11.1. The van der Waals surface area contributed by atoms with Gasteiger partial charge in [0, 0.05) is 11.9 Å². The third kappa shape index (κ3) is 7.89. The average Bonchev–Trinajstić information content (AvgIpc) is 1.59. The standard InChI is InChI=1S/C7H17NSi/c1-7(2)8-6-9(3,4)5/h6H2,1-5H3. The zero-order valence-electron chi connectivity index (χ0n) is 7.15. The predicted octanol–water partition coefficient (Wildman–Crippen LogP) is 2.34. The molecule has 0 aromatic rings. The minimum atomic E-state index is -0.907. The van der Waals surface area contributed by atoms with Crippen molar-refractivity contribution in [1.82, 2.24) is 0 Å². The van der Waals surface area contributed by atoms with Gasteiger partial charge in [-0.25, -0.2) is 0 Å². The first-order valence-corrected chi connectivity index (χ1v) is 7.10. The molecule has 54 valence electrons. The Balaban J connectivity index is 3.64.